The Bertz CT molecular complexity index is 595. The first-order valence-corrected chi connectivity index (χ1v) is 6.10. The van der Waals surface area contributed by atoms with Gasteiger partial charge < -0.3 is 4.90 Å². The summed E-state index contributed by atoms with van der Waals surface area (Å²) in [5.74, 6) is -0.513. The molecular formula is C12H12FN3OS. The molecule has 1 amide bonds. The molecule has 2 aromatic rings. The number of amides is 1. The van der Waals surface area contributed by atoms with E-state index in [1.54, 1.807) is 21.0 Å². The number of hydrogen-bond acceptors (Lipinski definition) is 4. The predicted octanol–water partition coefficient (Wildman–Crippen LogP) is 2.35. The number of nitrogens with zero attached hydrogens (tertiary/aromatic N) is 3. The van der Waals surface area contributed by atoms with Gasteiger partial charge in [-0.15, -0.1) is 11.3 Å². The second-order valence-electron chi connectivity index (χ2n) is 4.02. The van der Waals surface area contributed by atoms with Crippen LogP contribution in [0.25, 0.3) is 10.6 Å². The average Bonchev–Trinajstić information content (AvgIpc) is 2.70. The number of thiazole rings is 1. The van der Waals surface area contributed by atoms with Crippen molar-refractivity contribution >= 4 is 17.2 Å². The molecule has 0 spiro atoms. The Morgan fingerprint density at radius 2 is 2.11 bits per heavy atom. The van der Waals surface area contributed by atoms with E-state index in [2.05, 4.69) is 9.97 Å². The van der Waals surface area contributed by atoms with Gasteiger partial charge >= 0.3 is 0 Å². The molecule has 2 rings (SSSR count). The van der Waals surface area contributed by atoms with Gasteiger partial charge in [-0.05, 0) is 13.0 Å². The molecule has 0 bridgehead atoms. The van der Waals surface area contributed by atoms with Gasteiger partial charge in [-0.3, -0.25) is 9.78 Å². The molecule has 0 radical (unpaired) electrons. The van der Waals surface area contributed by atoms with E-state index in [0.29, 0.717) is 21.1 Å². The molecule has 0 atom stereocenters. The van der Waals surface area contributed by atoms with Crippen molar-refractivity contribution in [1.29, 1.82) is 0 Å². The molecule has 6 heteroatoms. The minimum atomic E-state index is -0.416. The fourth-order valence-corrected chi connectivity index (χ4v) is 2.52. The van der Waals surface area contributed by atoms with Crippen molar-refractivity contribution in [2.75, 3.05) is 14.1 Å². The van der Waals surface area contributed by atoms with Gasteiger partial charge in [-0.25, -0.2) is 9.37 Å². The number of halogens is 1. The maximum atomic E-state index is 13.1. The van der Waals surface area contributed by atoms with Crippen LogP contribution in [-0.4, -0.2) is 34.9 Å². The number of rotatable bonds is 2. The second-order valence-corrected chi connectivity index (χ2v) is 5.02. The number of carbonyl (C=O) groups excluding carboxylic acids is 1. The van der Waals surface area contributed by atoms with Crippen LogP contribution in [0, 0.1) is 12.7 Å². The third-order valence-electron chi connectivity index (χ3n) is 2.35. The lowest BCUT2D eigenvalue weighted by Crippen LogP contribution is -2.21. The van der Waals surface area contributed by atoms with E-state index in [9.17, 15) is 9.18 Å². The molecule has 0 saturated heterocycles. The van der Waals surface area contributed by atoms with E-state index in [1.165, 1.54) is 28.5 Å². The monoisotopic (exact) mass is 265 g/mol. The van der Waals surface area contributed by atoms with Crippen molar-refractivity contribution in [1.82, 2.24) is 14.9 Å². The van der Waals surface area contributed by atoms with Crippen LogP contribution in [0.1, 0.15) is 15.4 Å². The highest BCUT2D eigenvalue weighted by Gasteiger charge is 2.17. The second kappa shape index (κ2) is 4.81. The number of carbonyl (C=O) groups is 1. The maximum absolute atomic E-state index is 13.1. The summed E-state index contributed by atoms with van der Waals surface area (Å²) >= 11 is 1.25. The van der Waals surface area contributed by atoms with Crippen LogP contribution in [0.3, 0.4) is 0 Å². The van der Waals surface area contributed by atoms with E-state index in [1.807, 2.05) is 0 Å². The van der Waals surface area contributed by atoms with Gasteiger partial charge in [0.2, 0.25) is 0 Å². The summed E-state index contributed by atoms with van der Waals surface area (Å²) in [6.45, 7) is 1.77. The Balaban J connectivity index is 2.43. The van der Waals surface area contributed by atoms with Gasteiger partial charge in [0.25, 0.3) is 5.91 Å². The Hall–Kier alpha value is -1.82. The van der Waals surface area contributed by atoms with Crippen LogP contribution in [0.5, 0.6) is 0 Å². The third-order valence-corrected chi connectivity index (χ3v) is 3.54. The SMILES string of the molecule is Cc1nc(-c2cncc(F)c2)sc1C(=O)N(C)C. The van der Waals surface area contributed by atoms with Crippen molar-refractivity contribution in [2.45, 2.75) is 6.92 Å². The number of hydrogen-bond donors (Lipinski definition) is 0. The van der Waals surface area contributed by atoms with E-state index in [-0.39, 0.29) is 5.91 Å². The lowest BCUT2D eigenvalue weighted by atomic mass is 10.3. The topological polar surface area (TPSA) is 46.1 Å². The first-order chi connectivity index (χ1) is 8.49. The fourth-order valence-electron chi connectivity index (χ4n) is 1.45. The molecule has 0 N–H and O–H groups in total. The molecule has 2 aromatic heterocycles. The van der Waals surface area contributed by atoms with Gasteiger partial charge in [0.1, 0.15) is 15.7 Å². The van der Waals surface area contributed by atoms with Crippen LogP contribution >= 0.6 is 11.3 Å². The largest absolute Gasteiger partial charge is 0.344 e. The van der Waals surface area contributed by atoms with Crippen LogP contribution in [-0.2, 0) is 0 Å². The van der Waals surface area contributed by atoms with Gasteiger partial charge in [0.05, 0.1) is 11.9 Å². The first-order valence-electron chi connectivity index (χ1n) is 5.29. The zero-order valence-electron chi connectivity index (χ0n) is 10.3. The standard InChI is InChI=1S/C12H12FN3OS/c1-7-10(12(17)16(2)3)18-11(15-7)8-4-9(13)6-14-5-8/h4-6H,1-3H3. The van der Waals surface area contributed by atoms with Gasteiger partial charge in [-0.1, -0.05) is 0 Å². The molecule has 0 unspecified atom stereocenters. The first kappa shape index (κ1) is 12.6. The Morgan fingerprint density at radius 3 is 2.72 bits per heavy atom. The van der Waals surface area contributed by atoms with Crippen LogP contribution in [0.4, 0.5) is 4.39 Å². The highest BCUT2D eigenvalue weighted by atomic mass is 32.1. The summed E-state index contributed by atoms with van der Waals surface area (Å²) in [6.07, 6.45) is 2.67. The normalized spacial score (nSPS) is 10.4. The fraction of sp³-hybridized carbons (Fsp3) is 0.250. The zero-order chi connectivity index (χ0) is 13.3. The summed E-state index contributed by atoms with van der Waals surface area (Å²) in [7, 11) is 3.37. The Kier molecular flexibility index (Phi) is 3.38. The van der Waals surface area contributed by atoms with Crippen molar-refractivity contribution in [3.8, 4) is 10.6 Å². The van der Waals surface area contributed by atoms with E-state index >= 15 is 0 Å². The lowest BCUT2D eigenvalue weighted by molar-refractivity contribution is 0.0831. The molecule has 0 aromatic carbocycles. The minimum Gasteiger partial charge on any atom is -0.344 e. The number of pyridine rings is 1. The molecular weight excluding hydrogens is 253 g/mol. The van der Waals surface area contributed by atoms with Crippen molar-refractivity contribution < 1.29 is 9.18 Å². The predicted molar refractivity (Wildman–Crippen MR) is 68.1 cm³/mol. The molecule has 94 valence electrons. The number of aromatic nitrogens is 2. The highest BCUT2D eigenvalue weighted by molar-refractivity contribution is 7.17. The molecule has 0 fully saturated rings. The van der Waals surface area contributed by atoms with Crippen LogP contribution in [0.15, 0.2) is 18.5 Å². The van der Waals surface area contributed by atoms with E-state index in [4.69, 9.17) is 0 Å². The summed E-state index contributed by atoms with van der Waals surface area (Å²) in [5, 5.41) is 0.602. The van der Waals surface area contributed by atoms with Crippen molar-refractivity contribution in [3.63, 3.8) is 0 Å². The van der Waals surface area contributed by atoms with Crippen LogP contribution in [0.2, 0.25) is 0 Å². The zero-order valence-corrected chi connectivity index (χ0v) is 11.1. The summed E-state index contributed by atoms with van der Waals surface area (Å²) in [4.78, 5) is 22.0. The third kappa shape index (κ3) is 2.38. The molecule has 0 aliphatic carbocycles. The van der Waals surface area contributed by atoms with E-state index in [0.717, 1.165) is 6.20 Å². The van der Waals surface area contributed by atoms with Crippen molar-refractivity contribution in [2.24, 2.45) is 0 Å². The Labute approximate surface area is 108 Å². The molecule has 18 heavy (non-hydrogen) atoms. The summed E-state index contributed by atoms with van der Waals surface area (Å²) in [5.41, 5.74) is 1.24. The molecule has 0 aliphatic rings. The molecule has 2 heterocycles. The highest BCUT2D eigenvalue weighted by Crippen LogP contribution is 2.28. The lowest BCUT2D eigenvalue weighted by Gasteiger charge is -2.07. The Morgan fingerprint density at radius 1 is 1.39 bits per heavy atom. The average molecular weight is 265 g/mol. The van der Waals surface area contributed by atoms with Gasteiger partial charge in [-0.2, -0.15) is 0 Å². The summed E-state index contributed by atoms with van der Waals surface area (Å²) in [6, 6.07) is 1.36. The van der Waals surface area contributed by atoms with Gasteiger partial charge in [0.15, 0.2) is 0 Å². The molecule has 0 aliphatic heterocycles. The van der Waals surface area contributed by atoms with E-state index < -0.39 is 5.82 Å². The molecule has 0 saturated carbocycles. The minimum absolute atomic E-state index is 0.0967. The quantitative estimate of drug-likeness (QED) is 0.837. The number of aryl methyl sites for hydroxylation is 1. The maximum Gasteiger partial charge on any atom is 0.265 e. The summed E-state index contributed by atoms with van der Waals surface area (Å²) < 4.78 is 13.1. The van der Waals surface area contributed by atoms with Crippen molar-refractivity contribution in [3.05, 3.63) is 34.8 Å². The van der Waals surface area contributed by atoms with Crippen LogP contribution < -0.4 is 0 Å². The molecule has 4 nitrogen and oxygen atoms in total. The smallest absolute Gasteiger partial charge is 0.265 e. The van der Waals surface area contributed by atoms with Gasteiger partial charge in [0, 0.05) is 25.9 Å².